The normalized spacial score (nSPS) is 12.2. The number of H-pyrrole nitrogens is 1. The van der Waals surface area contributed by atoms with E-state index in [1.54, 1.807) is 35.4 Å². The van der Waals surface area contributed by atoms with Gasteiger partial charge in [-0.05, 0) is 23.8 Å². The molecule has 0 spiro atoms. The number of nitriles is 1. The van der Waals surface area contributed by atoms with Crippen LogP contribution in [0.2, 0.25) is 0 Å². The Morgan fingerprint density at radius 2 is 1.98 bits per heavy atom. The highest BCUT2D eigenvalue weighted by atomic mass is 32.2. The number of hydrogen-bond donors (Lipinski definition) is 5. The molecule has 0 aliphatic heterocycles. The summed E-state index contributed by atoms with van der Waals surface area (Å²) in [4.78, 5) is 32.2. The quantitative estimate of drug-likeness (QED) is 0.174. The molecule has 14 nitrogen and oxygen atoms in total. The van der Waals surface area contributed by atoms with E-state index >= 15 is 0 Å². The van der Waals surface area contributed by atoms with Gasteiger partial charge in [0.05, 0.1) is 41.9 Å². The van der Waals surface area contributed by atoms with Crippen LogP contribution in [0.25, 0.3) is 22.3 Å². The molecule has 4 aromatic rings. The third-order valence-electron chi connectivity index (χ3n) is 5.52. The monoisotopic (exact) mass is 607 g/mol. The van der Waals surface area contributed by atoms with Crippen molar-refractivity contribution >= 4 is 32.9 Å². The predicted octanol–water partition coefficient (Wildman–Crippen LogP) is 1.31. The number of hydrogen-bond acceptors (Lipinski definition) is 9. The number of carbonyl (C=O) groups is 2. The summed E-state index contributed by atoms with van der Waals surface area (Å²) in [6.45, 7) is 0.0921. The molecule has 0 aliphatic rings. The summed E-state index contributed by atoms with van der Waals surface area (Å²) in [5, 5.41) is 24.3. The van der Waals surface area contributed by atoms with E-state index in [0.29, 0.717) is 16.9 Å². The maximum atomic E-state index is 12.7. The summed E-state index contributed by atoms with van der Waals surface area (Å²) in [7, 11) is -3.96. The predicted molar refractivity (Wildman–Crippen MR) is 141 cm³/mol. The van der Waals surface area contributed by atoms with Crippen LogP contribution in [-0.4, -0.2) is 75.9 Å². The first-order valence-electron chi connectivity index (χ1n) is 11.9. The smallest absolute Gasteiger partial charge is 0.475 e. The average molecular weight is 608 g/mol. The number of alkyl halides is 3. The number of amides is 1. The molecule has 0 radical (unpaired) electrons. The minimum absolute atomic E-state index is 0.0261. The van der Waals surface area contributed by atoms with E-state index in [2.05, 4.69) is 36.2 Å². The summed E-state index contributed by atoms with van der Waals surface area (Å²) in [5.74, 6) is -3.24. The minimum atomic E-state index is -5.08. The van der Waals surface area contributed by atoms with Crippen LogP contribution >= 0.6 is 0 Å². The Labute approximate surface area is 236 Å². The highest BCUT2D eigenvalue weighted by molar-refractivity contribution is 7.89. The second-order valence-corrected chi connectivity index (χ2v) is 10.2. The molecule has 6 N–H and O–H groups in total. The fourth-order valence-corrected chi connectivity index (χ4v) is 4.63. The van der Waals surface area contributed by atoms with Crippen molar-refractivity contribution < 1.29 is 36.3 Å². The standard InChI is InChI=1S/C22H23N9O3S.C2HF3O2/c23-6-4-19(31-13-16(11-29-31)21-18-5-8-26-22(18)28-14-27-21)15-2-1-3-17(10-15)35(33,34)30-12-20(32)25-9-7-24;3-2(4,5)1(6)7/h1-3,5,8,10-11,13-14,19,30H,4,7,9,12,24H2,(H,25,32)(H,26,27,28);(H,6,7). The van der Waals surface area contributed by atoms with Crippen LogP contribution in [0.1, 0.15) is 18.0 Å². The van der Waals surface area contributed by atoms with Crippen LogP contribution in [0.3, 0.4) is 0 Å². The number of rotatable bonds is 10. The van der Waals surface area contributed by atoms with E-state index in [1.165, 1.54) is 18.5 Å². The molecular weight excluding hydrogens is 583 g/mol. The molecule has 1 aromatic carbocycles. The van der Waals surface area contributed by atoms with Crippen LogP contribution < -0.4 is 15.8 Å². The zero-order chi connectivity index (χ0) is 30.9. The number of carbonyl (C=O) groups excluding carboxylic acids is 1. The molecule has 18 heteroatoms. The number of carboxylic acids is 1. The zero-order valence-electron chi connectivity index (χ0n) is 21.5. The molecule has 3 aromatic heterocycles. The lowest BCUT2D eigenvalue weighted by Crippen LogP contribution is -2.38. The molecule has 0 bridgehead atoms. The average Bonchev–Trinajstić information content (AvgIpc) is 3.64. The number of aliphatic carboxylic acids is 1. The Kier molecular flexibility index (Phi) is 10.3. The minimum Gasteiger partial charge on any atom is -0.475 e. The van der Waals surface area contributed by atoms with E-state index in [-0.39, 0.29) is 24.4 Å². The topological polar surface area (TPSA) is 222 Å². The number of aromatic amines is 1. The Balaban J connectivity index is 0.000000616. The highest BCUT2D eigenvalue weighted by Crippen LogP contribution is 2.28. The number of carboxylic acid groups (broad SMARTS) is 1. The van der Waals surface area contributed by atoms with E-state index < -0.39 is 40.7 Å². The van der Waals surface area contributed by atoms with Crippen molar-refractivity contribution in [2.24, 2.45) is 5.73 Å². The van der Waals surface area contributed by atoms with Crippen LogP contribution in [-0.2, 0) is 19.6 Å². The van der Waals surface area contributed by atoms with Crippen molar-refractivity contribution in [3.63, 3.8) is 0 Å². The fraction of sp³-hybridized carbons (Fsp3) is 0.250. The van der Waals surface area contributed by atoms with Crippen LogP contribution in [0.5, 0.6) is 0 Å². The maximum Gasteiger partial charge on any atom is 0.490 e. The Hall–Kier alpha value is -4.86. The van der Waals surface area contributed by atoms with Gasteiger partial charge in [0.25, 0.3) is 0 Å². The van der Waals surface area contributed by atoms with Crippen molar-refractivity contribution in [3.8, 4) is 17.3 Å². The lowest BCUT2D eigenvalue weighted by Gasteiger charge is -2.16. The van der Waals surface area contributed by atoms with Crippen LogP contribution in [0.4, 0.5) is 13.2 Å². The van der Waals surface area contributed by atoms with E-state index in [9.17, 15) is 31.6 Å². The number of halogens is 3. The van der Waals surface area contributed by atoms with E-state index in [4.69, 9.17) is 15.6 Å². The molecule has 42 heavy (non-hydrogen) atoms. The van der Waals surface area contributed by atoms with E-state index in [0.717, 1.165) is 10.9 Å². The van der Waals surface area contributed by atoms with Crippen LogP contribution in [0, 0.1) is 11.3 Å². The van der Waals surface area contributed by atoms with Gasteiger partial charge in [-0.1, -0.05) is 12.1 Å². The molecule has 3 heterocycles. The summed E-state index contributed by atoms with van der Waals surface area (Å²) in [5.41, 5.74) is 8.02. The Bertz CT molecular complexity index is 1700. The Morgan fingerprint density at radius 3 is 2.64 bits per heavy atom. The maximum absolute atomic E-state index is 12.7. The van der Waals surface area contributed by atoms with Crippen molar-refractivity contribution in [1.29, 1.82) is 5.26 Å². The molecule has 0 fully saturated rings. The summed E-state index contributed by atoms with van der Waals surface area (Å²) < 4.78 is 61.1. The van der Waals surface area contributed by atoms with Gasteiger partial charge in [0, 0.05) is 36.4 Å². The number of aromatic nitrogens is 5. The van der Waals surface area contributed by atoms with Crippen LogP contribution in [0.15, 0.2) is 60.1 Å². The molecule has 4 rings (SSSR count). The number of nitrogens with two attached hydrogens (primary N) is 1. The fourth-order valence-electron chi connectivity index (χ4n) is 3.59. The lowest BCUT2D eigenvalue weighted by atomic mass is 10.0. The number of nitrogens with zero attached hydrogens (tertiary/aromatic N) is 5. The summed E-state index contributed by atoms with van der Waals surface area (Å²) in [6, 6.07) is 9.67. The third kappa shape index (κ3) is 8.09. The van der Waals surface area contributed by atoms with E-state index in [1.807, 2.05) is 6.07 Å². The summed E-state index contributed by atoms with van der Waals surface area (Å²) >= 11 is 0. The van der Waals surface area contributed by atoms with Gasteiger partial charge in [0.1, 0.15) is 12.0 Å². The van der Waals surface area contributed by atoms with Gasteiger partial charge >= 0.3 is 12.1 Å². The molecule has 222 valence electrons. The van der Waals surface area contributed by atoms with Crippen molar-refractivity contribution in [3.05, 3.63) is 60.8 Å². The first-order chi connectivity index (χ1) is 19.9. The second-order valence-electron chi connectivity index (χ2n) is 8.39. The van der Waals surface area contributed by atoms with Crippen molar-refractivity contribution in [2.75, 3.05) is 19.6 Å². The van der Waals surface area contributed by atoms with Crippen molar-refractivity contribution in [2.45, 2.75) is 23.5 Å². The van der Waals surface area contributed by atoms with Gasteiger partial charge in [-0.25, -0.2) is 27.9 Å². The first kappa shape index (κ1) is 31.7. The largest absolute Gasteiger partial charge is 0.490 e. The summed E-state index contributed by atoms with van der Waals surface area (Å²) in [6.07, 6.45) is 1.60. The number of sulfonamides is 1. The van der Waals surface area contributed by atoms with Gasteiger partial charge in [0.15, 0.2) is 0 Å². The van der Waals surface area contributed by atoms with Gasteiger partial charge in [-0.15, -0.1) is 0 Å². The molecule has 0 aliphatic carbocycles. The van der Waals surface area contributed by atoms with Gasteiger partial charge < -0.3 is 21.1 Å². The first-order valence-corrected chi connectivity index (χ1v) is 13.4. The van der Waals surface area contributed by atoms with Gasteiger partial charge in [-0.3, -0.25) is 9.48 Å². The molecular formula is C24H24F3N9O5S. The number of benzene rings is 1. The Morgan fingerprint density at radius 1 is 1.24 bits per heavy atom. The lowest BCUT2D eigenvalue weighted by molar-refractivity contribution is -0.192. The molecule has 1 atom stereocenters. The van der Waals surface area contributed by atoms with Gasteiger partial charge in [0.2, 0.25) is 15.9 Å². The van der Waals surface area contributed by atoms with Gasteiger partial charge in [-0.2, -0.15) is 23.5 Å². The molecule has 0 saturated carbocycles. The molecule has 1 unspecified atom stereocenters. The number of nitrogens with one attached hydrogen (secondary N) is 3. The third-order valence-corrected chi connectivity index (χ3v) is 6.92. The molecule has 0 saturated heterocycles. The highest BCUT2D eigenvalue weighted by Gasteiger charge is 2.38. The number of fused-ring (bicyclic) bond motifs is 1. The molecule has 1 amide bonds. The SMILES string of the molecule is N#CCC(c1cccc(S(=O)(=O)NCC(=O)NCCN)c1)n1cc(-c2ncnc3[nH]ccc23)cn1.O=C(O)C(F)(F)F. The second kappa shape index (κ2) is 13.7. The zero-order valence-corrected chi connectivity index (χ0v) is 22.4. The van der Waals surface area contributed by atoms with Crippen molar-refractivity contribution in [1.82, 2.24) is 34.8 Å².